The summed E-state index contributed by atoms with van der Waals surface area (Å²) in [5, 5.41) is 0. The summed E-state index contributed by atoms with van der Waals surface area (Å²) in [5.74, 6) is 1.08. The van der Waals surface area contributed by atoms with Crippen molar-refractivity contribution in [3.63, 3.8) is 0 Å². The lowest BCUT2D eigenvalue weighted by atomic mass is 9.90. The molecule has 0 aliphatic carbocycles. The third-order valence-corrected chi connectivity index (χ3v) is 3.57. The predicted octanol–water partition coefficient (Wildman–Crippen LogP) is 2.47. The molecule has 0 aromatic carbocycles. The lowest BCUT2D eigenvalue weighted by molar-refractivity contribution is -0.118. The van der Waals surface area contributed by atoms with Crippen LogP contribution in [0.15, 0.2) is 0 Å². The largest absolute Gasteiger partial charge is 0.300 e. The van der Waals surface area contributed by atoms with Gasteiger partial charge in [0.05, 0.1) is 0 Å². The Bertz CT molecular complexity index is 202. The van der Waals surface area contributed by atoms with Crippen LogP contribution in [0, 0.1) is 5.92 Å². The second-order valence-electron chi connectivity index (χ2n) is 4.85. The number of likely N-dealkylation sites (tertiary alicyclic amines) is 1. The van der Waals surface area contributed by atoms with Gasteiger partial charge in [0.15, 0.2) is 0 Å². The molecule has 1 saturated heterocycles. The quantitative estimate of drug-likeness (QED) is 0.692. The highest BCUT2D eigenvalue weighted by molar-refractivity contribution is 5.76. The number of nitrogens with zero attached hydrogens (tertiary/aromatic N) is 1. The molecule has 0 aromatic heterocycles. The molecule has 1 aliphatic rings. The maximum Gasteiger partial charge on any atom is 0.131 e. The Hall–Kier alpha value is -0.370. The second kappa shape index (κ2) is 4.92. The number of rotatable bonds is 3. The SMILES string of the molecule is CC(=O)CC(C)N1CCCC(C)C1C. The van der Waals surface area contributed by atoms with Crippen molar-refractivity contribution in [2.45, 2.75) is 59.0 Å². The van der Waals surface area contributed by atoms with E-state index in [1.165, 1.54) is 19.4 Å². The normalized spacial score (nSPS) is 31.4. The van der Waals surface area contributed by atoms with Crippen LogP contribution in [0.25, 0.3) is 0 Å². The zero-order valence-corrected chi connectivity index (χ0v) is 9.92. The third-order valence-electron chi connectivity index (χ3n) is 3.57. The molecular weight excluding hydrogens is 174 g/mol. The molecule has 0 spiro atoms. The van der Waals surface area contributed by atoms with Crippen LogP contribution in [-0.4, -0.2) is 29.3 Å². The molecule has 82 valence electrons. The number of Topliss-reactive ketones (excluding diaryl/α,β-unsaturated/α-hetero) is 1. The summed E-state index contributed by atoms with van der Waals surface area (Å²) >= 11 is 0. The van der Waals surface area contributed by atoms with Gasteiger partial charge in [-0.25, -0.2) is 0 Å². The number of hydrogen-bond acceptors (Lipinski definition) is 2. The standard InChI is InChI=1S/C12H23NO/c1-9-6-5-7-13(12(9)4)10(2)8-11(3)14/h9-10,12H,5-8H2,1-4H3. The van der Waals surface area contributed by atoms with Crippen LogP contribution in [0.2, 0.25) is 0 Å². The molecule has 3 atom stereocenters. The summed E-state index contributed by atoms with van der Waals surface area (Å²) in [6.45, 7) is 9.64. The lowest BCUT2D eigenvalue weighted by Crippen LogP contribution is -2.47. The van der Waals surface area contributed by atoms with Gasteiger partial charge in [-0.3, -0.25) is 9.69 Å². The van der Waals surface area contributed by atoms with Crippen LogP contribution in [0.5, 0.6) is 0 Å². The molecule has 1 aliphatic heterocycles. The van der Waals surface area contributed by atoms with Gasteiger partial charge in [-0.2, -0.15) is 0 Å². The fourth-order valence-electron chi connectivity index (χ4n) is 2.52. The van der Waals surface area contributed by atoms with E-state index in [-0.39, 0.29) is 0 Å². The first-order valence-electron chi connectivity index (χ1n) is 5.77. The molecule has 14 heavy (non-hydrogen) atoms. The summed E-state index contributed by atoms with van der Waals surface area (Å²) < 4.78 is 0. The van der Waals surface area contributed by atoms with Crippen molar-refractivity contribution in [1.29, 1.82) is 0 Å². The first kappa shape index (κ1) is 11.7. The minimum Gasteiger partial charge on any atom is -0.300 e. The van der Waals surface area contributed by atoms with E-state index in [0.717, 1.165) is 5.92 Å². The third kappa shape index (κ3) is 2.81. The van der Waals surface area contributed by atoms with Crippen LogP contribution >= 0.6 is 0 Å². The number of carbonyl (C=O) groups is 1. The van der Waals surface area contributed by atoms with Crippen molar-refractivity contribution in [3.8, 4) is 0 Å². The fourth-order valence-corrected chi connectivity index (χ4v) is 2.52. The summed E-state index contributed by atoms with van der Waals surface area (Å²) in [7, 11) is 0. The maximum absolute atomic E-state index is 11.1. The van der Waals surface area contributed by atoms with E-state index in [9.17, 15) is 4.79 Å². The highest BCUT2D eigenvalue weighted by Gasteiger charge is 2.28. The molecule has 0 N–H and O–H groups in total. The first-order chi connectivity index (χ1) is 6.52. The van der Waals surface area contributed by atoms with E-state index in [1.54, 1.807) is 6.92 Å². The summed E-state index contributed by atoms with van der Waals surface area (Å²) in [6, 6.07) is 1.06. The minimum atomic E-state index is 0.308. The Morgan fingerprint density at radius 3 is 2.71 bits per heavy atom. The molecule has 3 unspecified atom stereocenters. The van der Waals surface area contributed by atoms with Crippen molar-refractivity contribution in [3.05, 3.63) is 0 Å². The van der Waals surface area contributed by atoms with E-state index < -0.39 is 0 Å². The summed E-state index contributed by atoms with van der Waals surface area (Å²) in [6.07, 6.45) is 3.33. The summed E-state index contributed by atoms with van der Waals surface area (Å²) in [4.78, 5) is 13.6. The van der Waals surface area contributed by atoms with Crippen LogP contribution in [0.1, 0.15) is 47.0 Å². The minimum absolute atomic E-state index is 0.308. The first-order valence-corrected chi connectivity index (χ1v) is 5.77. The van der Waals surface area contributed by atoms with Gasteiger partial charge < -0.3 is 0 Å². The zero-order chi connectivity index (χ0) is 10.7. The monoisotopic (exact) mass is 197 g/mol. The number of piperidine rings is 1. The van der Waals surface area contributed by atoms with Crippen molar-refractivity contribution in [2.75, 3.05) is 6.54 Å². The van der Waals surface area contributed by atoms with Crippen molar-refractivity contribution >= 4 is 5.78 Å². The molecule has 0 radical (unpaired) electrons. The maximum atomic E-state index is 11.1. The Morgan fingerprint density at radius 1 is 1.50 bits per heavy atom. The molecule has 0 aromatic rings. The molecule has 1 heterocycles. The zero-order valence-electron chi connectivity index (χ0n) is 9.92. The molecule has 1 fully saturated rings. The molecule has 0 saturated carbocycles. The molecule has 0 amide bonds. The molecule has 2 heteroatoms. The van der Waals surface area contributed by atoms with Gasteiger partial charge in [-0.05, 0) is 46.1 Å². The Morgan fingerprint density at radius 2 is 2.14 bits per heavy atom. The van der Waals surface area contributed by atoms with Gasteiger partial charge in [-0.1, -0.05) is 6.92 Å². The Balaban J connectivity index is 2.52. The van der Waals surface area contributed by atoms with Gasteiger partial charge in [0.2, 0.25) is 0 Å². The topological polar surface area (TPSA) is 20.3 Å². The number of carbonyl (C=O) groups excluding carboxylic acids is 1. The number of hydrogen-bond donors (Lipinski definition) is 0. The Kier molecular flexibility index (Phi) is 4.11. The van der Waals surface area contributed by atoms with Crippen LogP contribution < -0.4 is 0 Å². The molecular formula is C12H23NO. The van der Waals surface area contributed by atoms with Gasteiger partial charge in [0.1, 0.15) is 5.78 Å². The lowest BCUT2D eigenvalue weighted by Gasteiger charge is -2.41. The van der Waals surface area contributed by atoms with Crippen LogP contribution in [0.3, 0.4) is 0 Å². The molecule has 2 nitrogen and oxygen atoms in total. The molecule has 0 bridgehead atoms. The smallest absolute Gasteiger partial charge is 0.131 e. The average molecular weight is 197 g/mol. The van der Waals surface area contributed by atoms with E-state index >= 15 is 0 Å². The highest BCUT2D eigenvalue weighted by Crippen LogP contribution is 2.25. The van der Waals surface area contributed by atoms with Crippen LogP contribution in [-0.2, 0) is 4.79 Å². The van der Waals surface area contributed by atoms with Crippen LogP contribution in [0.4, 0.5) is 0 Å². The van der Waals surface area contributed by atoms with Gasteiger partial charge in [-0.15, -0.1) is 0 Å². The predicted molar refractivity (Wildman–Crippen MR) is 59.3 cm³/mol. The van der Waals surface area contributed by atoms with E-state index in [2.05, 4.69) is 25.7 Å². The van der Waals surface area contributed by atoms with E-state index in [1.807, 2.05) is 0 Å². The van der Waals surface area contributed by atoms with Gasteiger partial charge in [0.25, 0.3) is 0 Å². The highest BCUT2D eigenvalue weighted by atomic mass is 16.1. The molecule has 1 rings (SSSR count). The average Bonchev–Trinajstić information content (AvgIpc) is 2.08. The van der Waals surface area contributed by atoms with Crippen molar-refractivity contribution < 1.29 is 4.79 Å². The second-order valence-corrected chi connectivity index (χ2v) is 4.85. The van der Waals surface area contributed by atoms with Gasteiger partial charge in [0, 0.05) is 18.5 Å². The Labute approximate surface area is 87.7 Å². The fraction of sp³-hybridized carbons (Fsp3) is 0.917. The van der Waals surface area contributed by atoms with Crippen molar-refractivity contribution in [2.24, 2.45) is 5.92 Å². The van der Waals surface area contributed by atoms with E-state index in [4.69, 9.17) is 0 Å². The van der Waals surface area contributed by atoms with E-state index in [0.29, 0.717) is 24.3 Å². The van der Waals surface area contributed by atoms with Gasteiger partial charge >= 0.3 is 0 Å². The number of ketones is 1. The van der Waals surface area contributed by atoms with Crippen molar-refractivity contribution in [1.82, 2.24) is 4.90 Å². The summed E-state index contributed by atoms with van der Waals surface area (Å²) in [5.41, 5.74) is 0.